The number of halogens is 3. The summed E-state index contributed by atoms with van der Waals surface area (Å²) in [5.41, 5.74) is -0.519. The largest absolute Gasteiger partial charge is 0.342 e. The van der Waals surface area contributed by atoms with Crippen molar-refractivity contribution in [1.82, 2.24) is 5.32 Å². The van der Waals surface area contributed by atoms with Crippen LogP contribution < -0.4 is 5.32 Å². The second-order valence-electron chi connectivity index (χ2n) is 4.14. The summed E-state index contributed by atoms with van der Waals surface area (Å²) in [7, 11) is 0. The number of amides is 1. The average Bonchev–Trinajstić information content (AvgIpc) is 2.19. The lowest BCUT2D eigenvalue weighted by Crippen LogP contribution is -2.35. The fourth-order valence-corrected chi connectivity index (χ4v) is 1.47. The molecular formula is C11H12ClF2NO. The predicted molar refractivity (Wildman–Crippen MR) is 58.6 cm³/mol. The van der Waals surface area contributed by atoms with Gasteiger partial charge in [-0.2, -0.15) is 0 Å². The van der Waals surface area contributed by atoms with Crippen molar-refractivity contribution in [1.29, 1.82) is 0 Å². The van der Waals surface area contributed by atoms with E-state index in [0.717, 1.165) is 18.2 Å². The zero-order chi connectivity index (χ0) is 12.3. The summed E-state index contributed by atoms with van der Waals surface area (Å²) in [4.78, 5) is 10.6. The van der Waals surface area contributed by atoms with E-state index in [9.17, 15) is 13.6 Å². The van der Waals surface area contributed by atoms with E-state index in [1.165, 1.54) is 0 Å². The lowest BCUT2D eigenvalue weighted by atomic mass is 9.84. The molecule has 1 amide bonds. The first kappa shape index (κ1) is 12.9. The van der Waals surface area contributed by atoms with Gasteiger partial charge in [0.25, 0.3) is 0 Å². The highest BCUT2D eigenvalue weighted by molar-refractivity contribution is 6.62. The molecule has 0 saturated heterocycles. The second-order valence-corrected chi connectivity index (χ2v) is 4.48. The molecule has 2 nitrogen and oxygen atoms in total. The number of nitrogens with one attached hydrogen (secondary N) is 1. The van der Waals surface area contributed by atoms with Crippen molar-refractivity contribution in [2.45, 2.75) is 19.3 Å². The molecule has 0 aliphatic heterocycles. The van der Waals surface area contributed by atoms with E-state index in [0.29, 0.717) is 0 Å². The molecule has 16 heavy (non-hydrogen) atoms. The maximum atomic E-state index is 13.5. The van der Waals surface area contributed by atoms with E-state index in [2.05, 4.69) is 5.32 Å². The number of carbonyl (C=O) groups excluding carboxylic acids is 1. The summed E-state index contributed by atoms with van der Waals surface area (Å²) in [6.45, 7) is 3.52. The summed E-state index contributed by atoms with van der Waals surface area (Å²) in [6.07, 6.45) is 0. The minimum atomic E-state index is -0.725. The first-order chi connectivity index (χ1) is 7.33. The quantitative estimate of drug-likeness (QED) is 0.645. The molecule has 0 bridgehead atoms. The van der Waals surface area contributed by atoms with Gasteiger partial charge >= 0.3 is 5.37 Å². The molecule has 0 aliphatic carbocycles. The Bertz CT molecular complexity index is 407. The van der Waals surface area contributed by atoms with Crippen LogP contribution in [0.15, 0.2) is 18.2 Å². The van der Waals surface area contributed by atoms with Crippen molar-refractivity contribution in [3.8, 4) is 0 Å². The van der Waals surface area contributed by atoms with Crippen molar-refractivity contribution in [3.05, 3.63) is 35.4 Å². The zero-order valence-corrected chi connectivity index (χ0v) is 9.74. The standard InChI is InChI=1S/C11H12ClF2NO/c1-11(2,6-15-10(12)16)8-5-7(13)3-4-9(8)14/h3-5H,6H2,1-2H3,(H,15,16). The molecule has 0 heterocycles. The lowest BCUT2D eigenvalue weighted by Gasteiger charge is -2.25. The molecule has 0 unspecified atom stereocenters. The van der Waals surface area contributed by atoms with E-state index in [-0.39, 0.29) is 12.1 Å². The molecule has 0 aromatic heterocycles. The topological polar surface area (TPSA) is 29.1 Å². The molecule has 0 spiro atoms. The van der Waals surface area contributed by atoms with Crippen molar-refractivity contribution >= 4 is 17.0 Å². The fourth-order valence-electron chi connectivity index (χ4n) is 1.40. The van der Waals surface area contributed by atoms with Gasteiger partial charge in [-0.3, -0.25) is 4.79 Å². The van der Waals surface area contributed by atoms with Crippen LogP contribution in [-0.2, 0) is 5.41 Å². The van der Waals surface area contributed by atoms with E-state index >= 15 is 0 Å². The molecular weight excluding hydrogens is 236 g/mol. The smallest absolute Gasteiger partial charge is 0.313 e. The lowest BCUT2D eigenvalue weighted by molar-refractivity contribution is 0.257. The molecule has 5 heteroatoms. The summed E-state index contributed by atoms with van der Waals surface area (Å²) in [6, 6.07) is 3.24. The maximum absolute atomic E-state index is 13.5. The van der Waals surface area contributed by atoms with E-state index in [1.807, 2.05) is 0 Å². The molecule has 1 rings (SSSR count). The Kier molecular flexibility index (Phi) is 3.86. The second kappa shape index (κ2) is 4.78. The van der Waals surface area contributed by atoms with Crippen LogP contribution in [-0.4, -0.2) is 11.9 Å². The van der Waals surface area contributed by atoms with Crippen LogP contribution >= 0.6 is 11.6 Å². The van der Waals surface area contributed by atoms with Gasteiger partial charge in [-0.25, -0.2) is 8.78 Å². The van der Waals surface area contributed by atoms with Gasteiger partial charge in [0.1, 0.15) is 11.6 Å². The molecule has 0 radical (unpaired) electrons. The van der Waals surface area contributed by atoms with Crippen LogP contribution in [0, 0.1) is 11.6 Å². The highest BCUT2D eigenvalue weighted by Crippen LogP contribution is 2.25. The third kappa shape index (κ3) is 3.17. The van der Waals surface area contributed by atoms with Crippen LogP contribution in [0.25, 0.3) is 0 Å². The van der Waals surface area contributed by atoms with Gasteiger partial charge in [-0.15, -0.1) is 0 Å². The Morgan fingerprint density at radius 1 is 1.44 bits per heavy atom. The van der Waals surface area contributed by atoms with Gasteiger partial charge in [0.15, 0.2) is 0 Å². The molecule has 88 valence electrons. The average molecular weight is 248 g/mol. The Hall–Kier alpha value is -1.16. The number of hydrogen-bond donors (Lipinski definition) is 1. The van der Waals surface area contributed by atoms with Crippen LogP contribution in [0.4, 0.5) is 13.6 Å². The normalized spacial score (nSPS) is 11.3. The summed E-state index contributed by atoms with van der Waals surface area (Å²) >= 11 is 5.12. The van der Waals surface area contributed by atoms with E-state index in [1.54, 1.807) is 13.8 Å². The molecule has 0 saturated carbocycles. The van der Waals surface area contributed by atoms with Crippen molar-refractivity contribution in [2.75, 3.05) is 6.54 Å². The SMILES string of the molecule is CC(C)(CNC(=O)Cl)c1cc(F)ccc1F. The highest BCUT2D eigenvalue weighted by atomic mass is 35.5. The molecule has 0 atom stereocenters. The summed E-state index contributed by atoms with van der Waals surface area (Å²) in [5.74, 6) is -1.02. The van der Waals surface area contributed by atoms with Gasteiger partial charge in [0.2, 0.25) is 0 Å². The highest BCUT2D eigenvalue weighted by Gasteiger charge is 2.25. The van der Waals surface area contributed by atoms with E-state index in [4.69, 9.17) is 11.6 Å². The Labute approximate surface area is 97.6 Å². The number of rotatable bonds is 3. The molecule has 1 aromatic carbocycles. The van der Waals surface area contributed by atoms with Crippen LogP contribution in [0.3, 0.4) is 0 Å². The number of hydrogen-bond acceptors (Lipinski definition) is 1. The Morgan fingerprint density at radius 2 is 2.06 bits per heavy atom. The number of benzene rings is 1. The minimum Gasteiger partial charge on any atom is -0.342 e. The van der Waals surface area contributed by atoms with Gasteiger partial charge in [-0.05, 0) is 35.4 Å². The van der Waals surface area contributed by atoms with Crippen LogP contribution in [0.2, 0.25) is 0 Å². The summed E-state index contributed by atoms with van der Waals surface area (Å²) in [5, 5.41) is 1.65. The fraction of sp³-hybridized carbons (Fsp3) is 0.364. The predicted octanol–water partition coefficient (Wildman–Crippen LogP) is 3.19. The van der Waals surface area contributed by atoms with Crippen molar-refractivity contribution < 1.29 is 13.6 Å². The minimum absolute atomic E-state index is 0.135. The molecule has 0 fully saturated rings. The molecule has 1 N–H and O–H groups in total. The summed E-state index contributed by atoms with van der Waals surface area (Å²) < 4.78 is 26.5. The first-order valence-electron chi connectivity index (χ1n) is 4.72. The maximum Gasteiger partial charge on any atom is 0.313 e. The van der Waals surface area contributed by atoms with Crippen molar-refractivity contribution in [2.24, 2.45) is 0 Å². The molecule has 1 aromatic rings. The van der Waals surface area contributed by atoms with Gasteiger partial charge < -0.3 is 5.32 Å². The first-order valence-corrected chi connectivity index (χ1v) is 5.09. The van der Waals surface area contributed by atoms with Crippen molar-refractivity contribution in [3.63, 3.8) is 0 Å². The van der Waals surface area contributed by atoms with E-state index < -0.39 is 22.4 Å². The molecule has 0 aliphatic rings. The number of carbonyl (C=O) groups is 1. The third-order valence-electron chi connectivity index (χ3n) is 2.33. The Morgan fingerprint density at radius 3 is 2.62 bits per heavy atom. The Balaban J connectivity index is 2.96. The van der Waals surface area contributed by atoms with Crippen LogP contribution in [0.5, 0.6) is 0 Å². The van der Waals surface area contributed by atoms with Gasteiger partial charge in [0, 0.05) is 12.0 Å². The van der Waals surface area contributed by atoms with Gasteiger partial charge in [0.05, 0.1) is 0 Å². The third-order valence-corrected chi connectivity index (χ3v) is 2.46. The van der Waals surface area contributed by atoms with Crippen LogP contribution in [0.1, 0.15) is 19.4 Å². The van der Waals surface area contributed by atoms with Gasteiger partial charge in [-0.1, -0.05) is 13.8 Å². The monoisotopic (exact) mass is 247 g/mol. The zero-order valence-electron chi connectivity index (χ0n) is 8.98.